The number of hydrogen-bond donors (Lipinski definition) is 1. The molecule has 7 heteroatoms. The first-order chi connectivity index (χ1) is 16.0. The van der Waals surface area contributed by atoms with Gasteiger partial charge in [-0.05, 0) is 55.9 Å². The molecule has 164 valence electrons. The number of nitrogens with zero attached hydrogens (tertiary/aromatic N) is 3. The summed E-state index contributed by atoms with van der Waals surface area (Å²) < 4.78 is 5.80. The average Bonchev–Trinajstić information content (AvgIpc) is 3.30. The third-order valence-electron chi connectivity index (χ3n) is 5.67. The molecule has 0 saturated carbocycles. The number of allylic oxidation sites excluding steroid dienone is 1. The normalized spacial score (nSPS) is 16.2. The van der Waals surface area contributed by atoms with Crippen molar-refractivity contribution >= 4 is 40.2 Å². The fourth-order valence-electron chi connectivity index (χ4n) is 3.97. The summed E-state index contributed by atoms with van der Waals surface area (Å²) >= 11 is 11.9. The largest absolute Gasteiger partial charge is 0.351 e. The number of rotatable bonds is 4. The van der Waals surface area contributed by atoms with Gasteiger partial charge in [0.1, 0.15) is 0 Å². The minimum Gasteiger partial charge on any atom is -0.351 e. The Morgan fingerprint density at radius 2 is 1.64 bits per heavy atom. The monoisotopic (exact) mass is 472 g/mol. The van der Waals surface area contributed by atoms with E-state index in [0.717, 1.165) is 28.1 Å². The zero-order chi connectivity index (χ0) is 22.9. The van der Waals surface area contributed by atoms with Gasteiger partial charge in [-0.25, -0.2) is 0 Å². The van der Waals surface area contributed by atoms with Crippen LogP contribution in [0, 0.1) is 6.92 Å². The van der Waals surface area contributed by atoms with Crippen molar-refractivity contribution in [2.24, 2.45) is 0 Å². The topological polar surface area (TPSA) is 54.2 Å². The molecule has 5 nitrogen and oxygen atoms in total. The molecular formula is C26H21ClN4OS. The molecule has 1 aliphatic heterocycles. The van der Waals surface area contributed by atoms with Crippen molar-refractivity contribution in [3.8, 4) is 11.4 Å². The summed E-state index contributed by atoms with van der Waals surface area (Å²) in [5.74, 6) is 0.995. The standard InChI is InChI=1S/C26H21ClN4OS/c1-16-8-10-19(11-9-16)24-29-25(32-30-24)22-17(2)31(21-14-12-20(27)13-15-21)26(33)28-23(22)18-6-4-3-5-7-18/h3-15,23H,1-2H3,(H,28,33). The van der Waals surface area contributed by atoms with Gasteiger partial charge in [-0.2, -0.15) is 4.98 Å². The fraction of sp³-hybridized carbons (Fsp3) is 0.115. The molecule has 0 saturated heterocycles. The van der Waals surface area contributed by atoms with Crippen molar-refractivity contribution in [3.05, 3.63) is 107 Å². The summed E-state index contributed by atoms with van der Waals surface area (Å²) in [4.78, 5) is 6.73. The molecule has 1 aliphatic rings. The number of nitrogens with one attached hydrogen (secondary N) is 1. The maximum absolute atomic E-state index is 6.11. The van der Waals surface area contributed by atoms with Gasteiger partial charge in [0, 0.05) is 22.0 Å². The number of aryl methyl sites for hydroxylation is 1. The predicted octanol–water partition coefficient (Wildman–Crippen LogP) is 6.57. The zero-order valence-corrected chi connectivity index (χ0v) is 19.7. The summed E-state index contributed by atoms with van der Waals surface area (Å²) in [7, 11) is 0. The van der Waals surface area contributed by atoms with Crippen LogP contribution in [-0.4, -0.2) is 15.3 Å². The molecule has 1 atom stereocenters. The lowest BCUT2D eigenvalue weighted by molar-refractivity contribution is 0.404. The third-order valence-corrected chi connectivity index (χ3v) is 6.22. The van der Waals surface area contributed by atoms with Crippen LogP contribution in [0.2, 0.25) is 5.02 Å². The van der Waals surface area contributed by atoms with Gasteiger partial charge in [-0.3, -0.25) is 4.90 Å². The highest BCUT2D eigenvalue weighted by molar-refractivity contribution is 7.80. The minimum atomic E-state index is -0.228. The van der Waals surface area contributed by atoms with E-state index in [1.54, 1.807) is 0 Å². The van der Waals surface area contributed by atoms with E-state index in [4.69, 9.17) is 33.3 Å². The van der Waals surface area contributed by atoms with E-state index >= 15 is 0 Å². The van der Waals surface area contributed by atoms with Crippen LogP contribution in [0.1, 0.15) is 30.0 Å². The molecule has 0 bridgehead atoms. The maximum atomic E-state index is 6.11. The molecule has 1 unspecified atom stereocenters. The quantitative estimate of drug-likeness (QED) is 0.339. The number of aromatic nitrogens is 2. The van der Waals surface area contributed by atoms with Crippen molar-refractivity contribution in [2.45, 2.75) is 19.9 Å². The van der Waals surface area contributed by atoms with E-state index in [2.05, 4.69) is 22.6 Å². The average molecular weight is 473 g/mol. The zero-order valence-electron chi connectivity index (χ0n) is 18.1. The lowest BCUT2D eigenvalue weighted by Gasteiger charge is -2.37. The molecule has 2 heterocycles. The lowest BCUT2D eigenvalue weighted by Crippen LogP contribution is -2.46. The van der Waals surface area contributed by atoms with E-state index in [-0.39, 0.29) is 6.04 Å². The Hall–Kier alpha value is -3.48. The Kier molecular flexibility index (Phi) is 5.70. The number of hydrogen-bond acceptors (Lipinski definition) is 4. The molecule has 0 radical (unpaired) electrons. The van der Waals surface area contributed by atoms with Crippen LogP contribution >= 0.6 is 23.8 Å². The number of halogens is 1. The molecule has 33 heavy (non-hydrogen) atoms. The Morgan fingerprint density at radius 3 is 2.33 bits per heavy atom. The van der Waals surface area contributed by atoms with Gasteiger partial charge in [0.15, 0.2) is 5.11 Å². The van der Waals surface area contributed by atoms with Crippen molar-refractivity contribution in [1.29, 1.82) is 0 Å². The molecule has 1 N–H and O–H groups in total. The van der Waals surface area contributed by atoms with Crippen LogP contribution in [0.5, 0.6) is 0 Å². The van der Waals surface area contributed by atoms with Gasteiger partial charge in [0.05, 0.1) is 11.6 Å². The van der Waals surface area contributed by atoms with Crippen molar-refractivity contribution < 1.29 is 4.52 Å². The summed E-state index contributed by atoms with van der Waals surface area (Å²) in [5.41, 5.74) is 5.81. The van der Waals surface area contributed by atoms with E-state index in [1.807, 2.05) is 85.5 Å². The number of thiocarbonyl (C=S) groups is 1. The SMILES string of the molecule is CC1=C(c2nc(-c3ccc(C)cc3)no2)C(c2ccccc2)NC(=S)N1c1ccc(Cl)cc1. The third kappa shape index (κ3) is 4.15. The fourth-order valence-corrected chi connectivity index (χ4v) is 4.46. The first kappa shape index (κ1) is 21.4. The van der Waals surface area contributed by atoms with Crippen LogP contribution in [0.15, 0.2) is 89.1 Å². The van der Waals surface area contributed by atoms with Crippen LogP contribution in [-0.2, 0) is 0 Å². The second-order valence-corrected chi connectivity index (χ2v) is 8.72. The first-order valence-electron chi connectivity index (χ1n) is 10.5. The van der Waals surface area contributed by atoms with Gasteiger partial charge in [0.25, 0.3) is 5.89 Å². The molecule has 0 fully saturated rings. The molecule has 1 aromatic heterocycles. The molecule has 0 amide bonds. The van der Waals surface area contributed by atoms with E-state index in [1.165, 1.54) is 5.56 Å². The second kappa shape index (κ2) is 8.81. The Morgan fingerprint density at radius 1 is 0.939 bits per heavy atom. The van der Waals surface area contributed by atoms with Gasteiger partial charge >= 0.3 is 0 Å². The molecule has 0 aliphatic carbocycles. The van der Waals surface area contributed by atoms with Crippen LogP contribution < -0.4 is 10.2 Å². The highest BCUT2D eigenvalue weighted by Gasteiger charge is 2.34. The smallest absolute Gasteiger partial charge is 0.258 e. The summed E-state index contributed by atoms with van der Waals surface area (Å²) in [6.45, 7) is 4.06. The molecular weight excluding hydrogens is 452 g/mol. The Labute approximate surface area is 202 Å². The molecule has 4 aromatic rings. The van der Waals surface area contributed by atoms with Gasteiger partial charge < -0.3 is 9.84 Å². The summed E-state index contributed by atoms with van der Waals surface area (Å²) in [5, 5.41) is 8.99. The van der Waals surface area contributed by atoms with Gasteiger partial charge in [0.2, 0.25) is 5.82 Å². The van der Waals surface area contributed by atoms with Gasteiger partial charge in [-0.1, -0.05) is 76.9 Å². The Balaban J connectivity index is 1.64. The molecule has 5 rings (SSSR count). The summed E-state index contributed by atoms with van der Waals surface area (Å²) in [6, 6.07) is 25.5. The van der Waals surface area contributed by atoms with Crippen LogP contribution in [0.25, 0.3) is 17.0 Å². The highest BCUT2D eigenvalue weighted by Crippen LogP contribution is 2.39. The summed E-state index contributed by atoms with van der Waals surface area (Å²) in [6.07, 6.45) is 0. The lowest BCUT2D eigenvalue weighted by atomic mass is 9.94. The molecule has 3 aromatic carbocycles. The van der Waals surface area contributed by atoms with Crippen molar-refractivity contribution in [1.82, 2.24) is 15.5 Å². The second-order valence-electron chi connectivity index (χ2n) is 7.89. The number of anilines is 1. The van der Waals surface area contributed by atoms with Crippen molar-refractivity contribution in [3.63, 3.8) is 0 Å². The van der Waals surface area contributed by atoms with Crippen molar-refractivity contribution in [2.75, 3.05) is 4.90 Å². The van der Waals surface area contributed by atoms with E-state index < -0.39 is 0 Å². The first-order valence-corrected chi connectivity index (χ1v) is 11.3. The minimum absolute atomic E-state index is 0.228. The predicted molar refractivity (Wildman–Crippen MR) is 136 cm³/mol. The number of benzene rings is 3. The van der Waals surface area contributed by atoms with Crippen LogP contribution in [0.4, 0.5) is 5.69 Å². The molecule has 0 spiro atoms. The Bertz CT molecular complexity index is 1330. The van der Waals surface area contributed by atoms with Gasteiger partial charge in [-0.15, -0.1) is 0 Å². The maximum Gasteiger partial charge on any atom is 0.258 e. The van der Waals surface area contributed by atoms with E-state index in [0.29, 0.717) is 21.9 Å². The highest BCUT2D eigenvalue weighted by atomic mass is 35.5. The van der Waals surface area contributed by atoms with Crippen LogP contribution in [0.3, 0.4) is 0 Å². The van der Waals surface area contributed by atoms with E-state index in [9.17, 15) is 0 Å².